The summed E-state index contributed by atoms with van der Waals surface area (Å²) in [7, 11) is 0. The number of hydrogen-bond donors (Lipinski definition) is 1. The average Bonchev–Trinajstić information content (AvgIpc) is 3.43. The lowest BCUT2D eigenvalue weighted by atomic mass is 9.84. The summed E-state index contributed by atoms with van der Waals surface area (Å²) < 4.78 is 14.0. The number of aromatic nitrogens is 2. The summed E-state index contributed by atoms with van der Waals surface area (Å²) in [5, 5.41) is 15.6. The first kappa shape index (κ1) is 28.4. The van der Waals surface area contributed by atoms with E-state index in [1.165, 1.54) is 0 Å². The van der Waals surface area contributed by atoms with Gasteiger partial charge in [0.2, 0.25) is 0 Å². The molecule has 1 saturated heterocycles. The molecule has 0 bridgehead atoms. The fraction of sp³-hybridized carbons (Fsp3) is 0.314. The van der Waals surface area contributed by atoms with Crippen molar-refractivity contribution < 1.29 is 19.4 Å². The molecular formula is C35H38N2O4. The minimum absolute atomic E-state index is 0.0524. The van der Waals surface area contributed by atoms with Crippen LogP contribution in [0.1, 0.15) is 80.9 Å². The van der Waals surface area contributed by atoms with Crippen LogP contribution in [-0.2, 0) is 9.53 Å². The van der Waals surface area contributed by atoms with E-state index in [-0.39, 0.29) is 11.8 Å². The van der Waals surface area contributed by atoms with Gasteiger partial charge in [-0.1, -0.05) is 69.3 Å². The fourth-order valence-corrected chi connectivity index (χ4v) is 5.56. The molecule has 2 heterocycles. The van der Waals surface area contributed by atoms with Crippen molar-refractivity contribution in [1.29, 1.82) is 0 Å². The van der Waals surface area contributed by atoms with Crippen LogP contribution in [0.3, 0.4) is 0 Å². The van der Waals surface area contributed by atoms with Gasteiger partial charge in [0.05, 0.1) is 23.9 Å². The highest BCUT2D eigenvalue weighted by Crippen LogP contribution is 2.39. The Bertz CT molecular complexity index is 1580. The number of rotatable bonds is 11. The zero-order chi connectivity index (χ0) is 28.8. The highest BCUT2D eigenvalue weighted by molar-refractivity contribution is 6.17. The van der Waals surface area contributed by atoms with E-state index in [0.29, 0.717) is 12.2 Å². The number of hydrogen-bond acceptors (Lipinski definition) is 4. The topological polar surface area (TPSA) is 73.6 Å². The zero-order valence-corrected chi connectivity index (χ0v) is 23.9. The molecule has 5 rings (SSSR count). The van der Waals surface area contributed by atoms with Gasteiger partial charge < -0.3 is 14.6 Å². The van der Waals surface area contributed by atoms with Crippen molar-refractivity contribution in [3.05, 3.63) is 102 Å². The second-order valence-electron chi connectivity index (χ2n) is 10.5. The highest BCUT2D eigenvalue weighted by atomic mass is 16.5. The summed E-state index contributed by atoms with van der Waals surface area (Å²) in [6.07, 6.45) is 7.80. The summed E-state index contributed by atoms with van der Waals surface area (Å²) in [6.45, 7) is 9.61. The van der Waals surface area contributed by atoms with Crippen LogP contribution < -0.4 is 4.74 Å². The van der Waals surface area contributed by atoms with Gasteiger partial charge in [-0.3, -0.25) is 0 Å². The lowest BCUT2D eigenvalue weighted by Gasteiger charge is -2.23. The number of allylic oxidation sites excluding steroid dienone is 1. The van der Waals surface area contributed by atoms with Gasteiger partial charge in [0, 0.05) is 12.0 Å². The lowest BCUT2D eigenvalue weighted by Crippen LogP contribution is -2.18. The monoisotopic (exact) mass is 550 g/mol. The molecule has 212 valence electrons. The molecular weight excluding hydrogens is 512 g/mol. The number of carbonyl (C=O) groups is 1. The normalized spacial score (nSPS) is 15.9. The molecule has 0 aliphatic carbocycles. The second kappa shape index (κ2) is 13.0. The Kier molecular flexibility index (Phi) is 9.00. The predicted molar refractivity (Wildman–Crippen MR) is 165 cm³/mol. The SMILES string of the molecule is C=C(C(=O)O)c1ccccc1/C(=C(\CC)c1cccc(OCCCC)c1)c1ccc2c(cnn2C2CCCCO2)c1. The van der Waals surface area contributed by atoms with Crippen LogP contribution in [0.5, 0.6) is 5.75 Å². The number of nitrogens with zero attached hydrogens (tertiary/aromatic N) is 2. The number of carboxylic acid groups (broad SMARTS) is 1. The Morgan fingerprint density at radius 3 is 2.61 bits per heavy atom. The van der Waals surface area contributed by atoms with Gasteiger partial charge >= 0.3 is 5.97 Å². The highest BCUT2D eigenvalue weighted by Gasteiger charge is 2.22. The second-order valence-corrected chi connectivity index (χ2v) is 10.5. The fourth-order valence-electron chi connectivity index (χ4n) is 5.56. The third-order valence-corrected chi connectivity index (χ3v) is 7.70. The molecule has 6 nitrogen and oxygen atoms in total. The Morgan fingerprint density at radius 2 is 1.88 bits per heavy atom. The van der Waals surface area contributed by atoms with Crippen LogP contribution in [-0.4, -0.2) is 34.1 Å². The van der Waals surface area contributed by atoms with Crippen molar-refractivity contribution in [3.8, 4) is 5.75 Å². The lowest BCUT2D eigenvalue weighted by molar-refractivity contribution is -0.130. The van der Waals surface area contributed by atoms with Crippen molar-refractivity contribution in [2.45, 2.75) is 58.6 Å². The maximum atomic E-state index is 12.1. The summed E-state index contributed by atoms with van der Waals surface area (Å²) in [5.74, 6) is -0.209. The smallest absolute Gasteiger partial charge is 0.335 e. The van der Waals surface area contributed by atoms with Gasteiger partial charge in [-0.15, -0.1) is 0 Å². The molecule has 4 aromatic rings. The summed E-state index contributed by atoms with van der Waals surface area (Å²) >= 11 is 0. The molecule has 0 amide bonds. The molecule has 1 aliphatic heterocycles. The van der Waals surface area contributed by atoms with Crippen molar-refractivity contribution in [1.82, 2.24) is 9.78 Å². The van der Waals surface area contributed by atoms with Crippen LogP contribution in [0.2, 0.25) is 0 Å². The number of aliphatic carboxylic acids is 1. The molecule has 1 unspecified atom stereocenters. The van der Waals surface area contributed by atoms with E-state index >= 15 is 0 Å². The Labute approximate surface area is 241 Å². The van der Waals surface area contributed by atoms with E-state index in [1.54, 1.807) is 0 Å². The van der Waals surface area contributed by atoms with Crippen molar-refractivity contribution in [2.75, 3.05) is 13.2 Å². The zero-order valence-electron chi connectivity index (χ0n) is 23.9. The maximum absolute atomic E-state index is 12.1. The minimum atomic E-state index is -1.04. The molecule has 41 heavy (non-hydrogen) atoms. The van der Waals surface area contributed by atoms with Gasteiger partial charge in [0.15, 0.2) is 6.23 Å². The number of fused-ring (bicyclic) bond motifs is 1. The van der Waals surface area contributed by atoms with E-state index in [1.807, 2.05) is 47.3 Å². The van der Waals surface area contributed by atoms with Crippen LogP contribution in [0, 0.1) is 0 Å². The number of benzene rings is 3. The molecule has 1 aromatic heterocycles. The molecule has 0 radical (unpaired) electrons. The van der Waals surface area contributed by atoms with Crippen molar-refractivity contribution >= 4 is 33.6 Å². The van der Waals surface area contributed by atoms with Gasteiger partial charge in [-0.2, -0.15) is 5.10 Å². The quantitative estimate of drug-likeness (QED) is 0.115. The first-order chi connectivity index (χ1) is 20.0. The third kappa shape index (κ3) is 6.13. The molecule has 0 spiro atoms. The first-order valence-electron chi connectivity index (χ1n) is 14.6. The van der Waals surface area contributed by atoms with E-state index in [4.69, 9.17) is 14.6 Å². The Morgan fingerprint density at radius 1 is 1.05 bits per heavy atom. The first-order valence-corrected chi connectivity index (χ1v) is 14.6. The van der Waals surface area contributed by atoms with Crippen molar-refractivity contribution in [3.63, 3.8) is 0 Å². The average molecular weight is 551 g/mol. The predicted octanol–water partition coefficient (Wildman–Crippen LogP) is 8.38. The van der Waals surface area contributed by atoms with E-state index < -0.39 is 5.97 Å². The van der Waals surface area contributed by atoms with Gasteiger partial charge in [0.25, 0.3) is 0 Å². The molecule has 1 aliphatic rings. The molecule has 6 heteroatoms. The van der Waals surface area contributed by atoms with Crippen LogP contribution in [0.4, 0.5) is 0 Å². The largest absolute Gasteiger partial charge is 0.494 e. The molecule has 0 saturated carbocycles. The van der Waals surface area contributed by atoms with Crippen molar-refractivity contribution in [2.24, 2.45) is 0 Å². The van der Waals surface area contributed by atoms with Crippen LogP contribution >= 0.6 is 0 Å². The van der Waals surface area contributed by atoms with Gasteiger partial charge in [-0.25, -0.2) is 9.48 Å². The van der Waals surface area contributed by atoms with Crippen LogP contribution in [0.15, 0.2) is 79.5 Å². The van der Waals surface area contributed by atoms with Gasteiger partial charge in [0.1, 0.15) is 5.75 Å². The number of ether oxygens (including phenoxy) is 2. The summed E-state index contributed by atoms with van der Waals surface area (Å²) in [4.78, 5) is 12.1. The van der Waals surface area contributed by atoms with Gasteiger partial charge in [-0.05, 0) is 89.8 Å². The Balaban J connectivity index is 1.69. The molecule has 1 N–H and O–H groups in total. The third-order valence-electron chi connectivity index (χ3n) is 7.70. The maximum Gasteiger partial charge on any atom is 0.335 e. The summed E-state index contributed by atoms with van der Waals surface area (Å²) in [6, 6.07) is 22.2. The van der Waals surface area contributed by atoms with E-state index in [9.17, 15) is 9.90 Å². The standard InChI is InChI=1S/C35H38N2O4/c1-4-6-19-40-28-13-11-12-25(22-28)29(5-2)34(31-15-8-7-14-30(31)24(3)35(38)39)26-17-18-32-27(21-26)23-36-37(32)33-16-9-10-20-41-33/h7-8,11-15,17-18,21-23,33H,3-6,9-10,16,19-20H2,1-2H3,(H,38,39)/b34-29+. The number of carboxylic acids is 1. The van der Waals surface area contributed by atoms with Crippen LogP contribution in [0.25, 0.3) is 27.6 Å². The molecule has 1 atom stereocenters. The minimum Gasteiger partial charge on any atom is -0.494 e. The van der Waals surface area contributed by atoms with E-state index in [2.05, 4.69) is 50.8 Å². The number of unbranched alkanes of at least 4 members (excludes halogenated alkanes) is 1. The van der Waals surface area contributed by atoms with E-state index in [0.717, 1.165) is 89.6 Å². The Hall–Kier alpha value is -4.16. The summed E-state index contributed by atoms with van der Waals surface area (Å²) in [5.41, 5.74) is 6.61. The molecule has 3 aromatic carbocycles. The molecule has 1 fully saturated rings.